The van der Waals surface area contributed by atoms with Crippen molar-refractivity contribution in [1.29, 1.82) is 5.26 Å². The van der Waals surface area contributed by atoms with Crippen LogP contribution in [0.3, 0.4) is 0 Å². The van der Waals surface area contributed by atoms with E-state index in [9.17, 15) is 0 Å². The minimum absolute atomic E-state index is 0.417. The Labute approximate surface area is 82.6 Å². The second kappa shape index (κ2) is 4.80. The van der Waals surface area contributed by atoms with E-state index in [2.05, 4.69) is 11.1 Å². The first kappa shape index (κ1) is 9.97. The number of halogens is 1. The maximum Gasteiger partial charge on any atom is 0.129 e. The van der Waals surface area contributed by atoms with Gasteiger partial charge in [0.2, 0.25) is 0 Å². The molecule has 0 fully saturated rings. The van der Waals surface area contributed by atoms with Crippen molar-refractivity contribution in [3.63, 3.8) is 0 Å². The monoisotopic (exact) mass is 195 g/mol. The minimum atomic E-state index is 0.417. The van der Waals surface area contributed by atoms with Gasteiger partial charge in [-0.3, -0.25) is 4.90 Å². The molecule has 0 aliphatic heterocycles. The number of pyridine rings is 1. The second-order valence-corrected chi connectivity index (χ2v) is 3.20. The lowest BCUT2D eigenvalue weighted by molar-refractivity contribution is 0.367. The van der Waals surface area contributed by atoms with Gasteiger partial charge in [-0.1, -0.05) is 11.6 Å². The van der Waals surface area contributed by atoms with Gasteiger partial charge in [-0.15, -0.1) is 0 Å². The van der Waals surface area contributed by atoms with Crippen LogP contribution >= 0.6 is 11.6 Å². The molecule has 1 heterocycles. The summed E-state index contributed by atoms with van der Waals surface area (Å²) in [6, 6.07) is 5.77. The van der Waals surface area contributed by atoms with Gasteiger partial charge < -0.3 is 0 Å². The molecule has 3 nitrogen and oxygen atoms in total. The molecule has 0 saturated heterocycles. The van der Waals surface area contributed by atoms with Gasteiger partial charge in [-0.25, -0.2) is 4.98 Å². The van der Waals surface area contributed by atoms with Gasteiger partial charge in [-0.2, -0.15) is 5.26 Å². The van der Waals surface area contributed by atoms with Gasteiger partial charge in [0.1, 0.15) is 5.15 Å². The van der Waals surface area contributed by atoms with E-state index in [1.807, 2.05) is 18.0 Å². The molecule has 68 valence electrons. The molecule has 0 amide bonds. The van der Waals surface area contributed by atoms with Crippen molar-refractivity contribution in [2.45, 2.75) is 6.54 Å². The summed E-state index contributed by atoms with van der Waals surface area (Å²) < 4.78 is 0. The van der Waals surface area contributed by atoms with E-state index >= 15 is 0 Å². The van der Waals surface area contributed by atoms with Gasteiger partial charge in [0, 0.05) is 12.7 Å². The highest BCUT2D eigenvalue weighted by Crippen LogP contribution is 2.08. The van der Waals surface area contributed by atoms with Crippen molar-refractivity contribution in [2.75, 3.05) is 13.6 Å². The molecule has 13 heavy (non-hydrogen) atoms. The molecule has 0 radical (unpaired) electrons. The number of hydrogen-bond acceptors (Lipinski definition) is 3. The Morgan fingerprint density at radius 3 is 3.08 bits per heavy atom. The van der Waals surface area contributed by atoms with E-state index in [-0.39, 0.29) is 0 Å². The molecule has 0 bridgehead atoms. The molecule has 0 N–H and O–H groups in total. The number of nitriles is 1. The van der Waals surface area contributed by atoms with Crippen molar-refractivity contribution in [3.8, 4) is 6.07 Å². The van der Waals surface area contributed by atoms with Crippen molar-refractivity contribution in [3.05, 3.63) is 29.0 Å². The van der Waals surface area contributed by atoms with Crippen LogP contribution in [-0.4, -0.2) is 23.5 Å². The van der Waals surface area contributed by atoms with Gasteiger partial charge >= 0.3 is 0 Å². The smallest absolute Gasteiger partial charge is 0.129 e. The average Bonchev–Trinajstić information content (AvgIpc) is 2.04. The van der Waals surface area contributed by atoms with Crippen LogP contribution in [0.2, 0.25) is 5.15 Å². The number of nitrogens with zero attached hydrogens (tertiary/aromatic N) is 3. The standard InChI is InChI=1S/C9H10ClN3/c1-13(5-3-11)7-8-2-4-12-9(10)6-8/h2,4,6H,5,7H2,1H3. The number of rotatable bonds is 3. The predicted octanol–water partition coefficient (Wildman–Crippen LogP) is 1.69. The van der Waals surface area contributed by atoms with Crippen LogP contribution in [0, 0.1) is 11.3 Å². The summed E-state index contributed by atoms with van der Waals surface area (Å²) in [4.78, 5) is 5.78. The predicted molar refractivity (Wildman–Crippen MR) is 51.2 cm³/mol. The fourth-order valence-corrected chi connectivity index (χ4v) is 1.23. The molecule has 0 atom stereocenters. The fourth-order valence-electron chi connectivity index (χ4n) is 1.03. The average molecular weight is 196 g/mol. The van der Waals surface area contributed by atoms with Crippen LogP contribution < -0.4 is 0 Å². The Kier molecular flexibility index (Phi) is 3.69. The molecule has 1 aromatic rings. The van der Waals surface area contributed by atoms with E-state index in [4.69, 9.17) is 16.9 Å². The molecule has 1 aromatic heterocycles. The summed E-state index contributed by atoms with van der Waals surface area (Å²) >= 11 is 5.71. The lowest BCUT2D eigenvalue weighted by Gasteiger charge is -2.11. The normalized spacial score (nSPS) is 10.0. The first-order valence-corrected chi connectivity index (χ1v) is 4.26. The van der Waals surface area contributed by atoms with Gasteiger partial charge in [0.15, 0.2) is 0 Å². The molecular weight excluding hydrogens is 186 g/mol. The quantitative estimate of drug-likeness (QED) is 0.545. The molecule has 0 spiro atoms. The lowest BCUT2D eigenvalue weighted by Crippen LogP contribution is -2.17. The first-order chi connectivity index (χ1) is 6.22. The van der Waals surface area contributed by atoms with Gasteiger partial charge in [0.25, 0.3) is 0 Å². The Morgan fingerprint density at radius 1 is 1.69 bits per heavy atom. The lowest BCUT2D eigenvalue weighted by atomic mass is 10.2. The second-order valence-electron chi connectivity index (χ2n) is 2.82. The molecule has 0 saturated carbocycles. The summed E-state index contributed by atoms with van der Waals surface area (Å²) in [7, 11) is 1.89. The summed E-state index contributed by atoms with van der Waals surface area (Å²) in [5.41, 5.74) is 1.07. The Bertz CT molecular complexity index is 319. The van der Waals surface area contributed by atoms with Gasteiger partial charge in [0.05, 0.1) is 12.6 Å². The van der Waals surface area contributed by atoms with E-state index in [1.54, 1.807) is 12.3 Å². The van der Waals surface area contributed by atoms with Crippen LogP contribution in [0.5, 0.6) is 0 Å². The zero-order chi connectivity index (χ0) is 9.68. The molecule has 0 unspecified atom stereocenters. The number of hydrogen-bond donors (Lipinski definition) is 0. The van der Waals surface area contributed by atoms with Crippen molar-refractivity contribution in [2.24, 2.45) is 0 Å². The molecular formula is C9H10ClN3. The van der Waals surface area contributed by atoms with E-state index in [1.165, 1.54) is 0 Å². The highest BCUT2D eigenvalue weighted by Gasteiger charge is 1.99. The van der Waals surface area contributed by atoms with E-state index in [0.29, 0.717) is 11.7 Å². The Hall–Kier alpha value is -1.11. The third-order valence-corrected chi connectivity index (χ3v) is 1.79. The summed E-state index contributed by atoms with van der Waals surface area (Å²) in [5.74, 6) is 0. The topological polar surface area (TPSA) is 39.9 Å². The summed E-state index contributed by atoms with van der Waals surface area (Å²) in [5, 5.41) is 8.93. The van der Waals surface area contributed by atoms with E-state index in [0.717, 1.165) is 12.1 Å². The van der Waals surface area contributed by atoms with Crippen LogP contribution in [0.4, 0.5) is 0 Å². The Morgan fingerprint density at radius 2 is 2.46 bits per heavy atom. The first-order valence-electron chi connectivity index (χ1n) is 3.88. The third-order valence-electron chi connectivity index (χ3n) is 1.58. The molecule has 0 aliphatic carbocycles. The highest BCUT2D eigenvalue weighted by molar-refractivity contribution is 6.29. The van der Waals surface area contributed by atoms with Crippen molar-refractivity contribution >= 4 is 11.6 Å². The summed E-state index contributed by atoms with van der Waals surface area (Å²) in [6.07, 6.45) is 1.66. The van der Waals surface area contributed by atoms with Gasteiger partial charge in [-0.05, 0) is 24.7 Å². The fraction of sp³-hybridized carbons (Fsp3) is 0.333. The number of aromatic nitrogens is 1. The SMILES string of the molecule is CN(CC#N)Cc1ccnc(Cl)c1. The maximum absolute atomic E-state index is 8.44. The van der Waals surface area contributed by atoms with Crippen molar-refractivity contribution in [1.82, 2.24) is 9.88 Å². The molecule has 1 rings (SSSR count). The molecule has 0 aliphatic rings. The maximum atomic E-state index is 8.44. The van der Waals surface area contributed by atoms with Crippen molar-refractivity contribution < 1.29 is 0 Å². The van der Waals surface area contributed by atoms with Crippen LogP contribution in [0.1, 0.15) is 5.56 Å². The molecule has 0 aromatic carbocycles. The Balaban J connectivity index is 2.59. The van der Waals surface area contributed by atoms with Crippen LogP contribution in [-0.2, 0) is 6.54 Å². The van der Waals surface area contributed by atoms with E-state index < -0.39 is 0 Å². The zero-order valence-corrected chi connectivity index (χ0v) is 8.12. The highest BCUT2D eigenvalue weighted by atomic mass is 35.5. The third kappa shape index (κ3) is 3.41. The summed E-state index contributed by atoms with van der Waals surface area (Å²) in [6.45, 7) is 1.13. The van der Waals surface area contributed by atoms with Crippen LogP contribution in [0.15, 0.2) is 18.3 Å². The zero-order valence-electron chi connectivity index (χ0n) is 7.37. The largest absolute Gasteiger partial charge is 0.289 e. The molecule has 4 heteroatoms. The minimum Gasteiger partial charge on any atom is -0.289 e. The van der Waals surface area contributed by atoms with Crippen LogP contribution in [0.25, 0.3) is 0 Å².